The molecule has 0 aliphatic heterocycles. The van der Waals surface area contributed by atoms with E-state index in [1.165, 1.54) is 12.3 Å². The Morgan fingerprint density at radius 2 is 2.21 bits per heavy atom. The van der Waals surface area contributed by atoms with Crippen molar-refractivity contribution in [2.75, 3.05) is 0 Å². The van der Waals surface area contributed by atoms with Crippen molar-refractivity contribution in [3.05, 3.63) is 35.5 Å². The first-order valence-electron chi connectivity index (χ1n) is 4.05. The van der Waals surface area contributed by atoms with Gasteiger partial charge in [0.05, 0.1) is 12.1 Å². The maximum Gasteiger partial charge on any atom is 0.154 e. The Morgan fingerprint density at radius 3 is 2.93 bits per heavy atom. The highest BCUT2D eigenvalue weighted by atomic mass is 19.1. The first-order valence-corrected chi connectivity index (χ1v) is 4.05. The molecule has 0 saturated heterocycles. The average molecular weight is 198 g/mol. The highest BCUT2D eigenvalue weighted by Crippen LogP contribution is 2.22. The van der Waals surface area contributed by atoms with E-state index in [2.05, 4.69) is 4.98 Å². The highest BCUT2D eigenvalue weighted by molar-refractivity contribution is 5.80. The largest absolute Gasteiger partial charge is 0.359 e. The summed E-state index contributed by atoms with van der Waals surface area (Å²) in [6.07, 6.45) is 1.53. The molecule has 3 N–H and O–H groups in total. The maximum absolute atomic E-state index is 13.5. The topological polar surface area (TPSA) is 48.0 Å². The van der Waals surface area contributed by atoms with Crippen LogP contribution in [0.3, 0.4) is 0 Å². The quantitative estimate of drug-likeness (QED) is 0.645. The van der Waals surface area contributed by atoms with Crippen molar-refractivity contribution in [3.63, 3.8) is 0 Å². The zero-order valence-electron chi connectivity index (χ0n) is 7.14. The smallest absolute Gasteiger partial charge is 0.154 e. The normalized spacial score (nSPS) is 11.1. The van der Waals surface area contributed by atoms with Crippen molar-refractivity contribution in [3.8, 4) is 0 Å². The average Bonchev–Trinajstić information content (AvgIpc) is 2.60. The number of aromatic amines is 1. The molecule has 0 unspecified atom stereocenters. The molecule has 2 aromatic rings. The summed E-state index contributed by atoms with van der Waals surface area (Å²) in [5.41, 5.74) is 1.80. The Hall–Kier alpha value is -1.46. The lowest BCUT2D eigenvalue weighted by Gasteiger charge is -2.04. The zero-order valence-corrected chi connectivity index (χ0v) is 7.14. The van der Waals surface area contributed by atoms with Gasteiger partial charge in [-0.15, -0.1) is 0 Å². The Bertz CT molecular complexity index is 467. The fourth-order valence-corrected chi connectivity index (χ4v) is 1.41. The van der Waals surface area contributed by atoms with Gasteiger partial charge in [-0.2, -0.15) is 0 Å². The number of fused-ring (bicyclic) bond motifs is 1. The minimum absolute atomic E-state index is 0.178. The van der Waals surface area contributed by atoms with E-state index in [0.717, 1.165) is 0 Å². The van der Waals surface area contributed by atoms with Gasteiger partial charge in [-0.05, 0) is 12.1 Å². The van der Waals surface area contributed by atoms with E-state index in [1.54, 1.807) is 11.5 Å². The van der Waals surface area contributed by atoms with Gasteiger partial charge in [0.2, 0.25) is 0 Å². The number of aromatic nitrogens is 1. The molecule has 0 spiro atoms. The van der Waals surface area contributed by atoms with Crippen LogP contribution < -0.4 is 5.48 Å². The number of benzene rings is 1. The van der Waals surface area contributed by atoms with Crippen molar-refractivity contribution in [1.82, 2.24) is 10.5 Å². The molecule has 1 aromatic heterocycles. The van der Waals surface area contributed by atoms with Crippen LogP contribution in [0.1, 0.15) is 5.56 Å². The van der Waals surface area contributed by atoms with E-state index >= 15 is 0 Å². The number of hydroxylamine groups is 1. The number of hydrogen-bond donors (Lipinski definition) is 3. The van der Waals surface area contributed by atoms with Crippen LogP contribution in [0, 0.1) is 11.6 Å². The van der Waals surface area contributed by atoms with Crippen LogP contribution in [0.25, 0.3) is 10.9 Å². The van der Waals surface area contributed by atoms with Crippen LogP contribution in [-0.4, -0.2) is 10.2 Å². The summed E-state index contributed by atoms with van der Waals surface area (Å²) in [5.74, 6) is -1.34. The highest BCUT2D eigenvalue weighted by Gasteiger charge is 2.13. The SMILES string of the molecule is ONCc1c(F)cc2cc[nH]c2c1F. The monoisotopic (exact) mass is 198 g/mol. The molecule has 1 aromatic carbocycles. The van der Waals surface area contributed by atoms with Gasteiger partial charge < -0.3 is 10.2 Å². The van der Waals surface area contributed by atoms with Crippen molar-refractivity contribution in [1.29, 1.82) is 0 Å². The molecule has 5 heteroatoms. The fraction of sp³-hybridized carbons (Fsp3) is 0.111. The third kappa shape index (κ3) is 1.26. The van der Waals surface area contributed by atoms with Crippen LogP contribution >= 0.6 is 0 Å². The number of hydrogen-bond acceptors (Lipinski definition) is 2. The Morgan fingerprint density at radius 1 is 1.43 bits per heavy atom. The summed E-state index contributed by atoms with van der Waals surface area (Å²) < 4.78 is 26.8. The van der Waals surface area contributed by atoms with Crippen molar-refractivity contribution in [2.24, 2.45) is 0 Å². The Kier molecular flexibility index (Phi) is 2.18. The van der Waals surface area contributed by atoms with E-state index in [9.17, 15) is 8.78 Å². The minimum atomic E-state index is -0.674. The van der Waals surface area contributed by atoms with E-state index < -0.39 is 11.6 Å². The molecule has 0 aliphatic carbocycles. The van der Waals surface area contributed by atoms with E-state index in [0.29, 0.717) is 5.39 Å². The molecule has 3 nitrogen and oxygen atoms in total. The van der Waals surface area contributed by atoms with Crippen LogP contribution in [0.4, 0.5) is 8.78 Å². The second kappa shape index (κ2) is 3.36. The van der Waals surface area contributed by atoms with Gasteiger partial charge in [-0.25, -0.2) is 14.3 Å². The molecule has 0 amide bonds. The van der Waals surface area contributed by atoms with Gasteiger partial charge in [0.25, 0.3) is 0 Å². The molecule has 0 saturated carbocycles. The van der Waals surface area contributed by atoms with E-state index in [1.807, 2.05) is 0 Å². The summed E-state index contributed by atoms with van der Waals surface area (Å²) in [6.45, 7) is -0.257. The van der Waals surface area contributed by atoms with Gasteiger partial charge in [-0.3, -0.25) is 0 Å². The van der Waals surface area contributed by atoms with Crippen LogP contribution in [0.15, 0.2) is 18.3 Å². The summed E-state index contributed by atoms with van der Waals surface area (Å²) in [5, 5.41) is 8.87. The number of rotatable bonds is 2. The zero-order chi connectivity index (χ0) is 10.1. The standard InChI is InChI=1S/C9H8F2N2O/c10-7-3-5-1-2-12-9(5)8(11)6(7)4-13-14/h1-3,12-14H,4H2. The van der Waals surface area contributed by atoms with Gasteiger partial charge in [0.15, 0.2) is 5.82 Å². The third-order valence-electron chi connectivity index (χ3n) is 2.09. The lowest BCUT2D eigenvalue weighted by molar-refractivity contribution is 0.158. The van der Waals surface area contributed by atoms with Crippen molar-refractivity contribution < 1.29 is 14.0 Å². The molecule has 0 atom stereocenters. The second-order valence-corrected chi connectivity index (χ2v) is 2.93. The number of nitrogens with one attached hydrogen (secondary N) is 2. The fourth-order valence-electron chi connectivity index (χ4n) is 1.41. The molecule has 14 heavy (non-hydrogen) atoms. The summed E-state index contributed by atoms with van der Waals surface area (Å²) in [6, 6.07) is 2.80. The van der Waals surface area contributed by atoms with Gasteiger partial charge in [0.1, 0.15) is 5.82 Å². The van der Waals surface area contributed by atoms with Gasteiger partial charge in [-0.1, -0.05) is 0 Å². The molecule has 0 bridgehead atoms. The molecule has 74 valence electrons. The third-order valence-corrected chi connectivity index (χ3v) is 2.09. The lowest BCUT2D eigenvalue weighted by atomic mass is 10.1. The van der Waals surface area contributed by atoms with Crippen LogP contribution in [0.2, 0.25) is 0 Å². The summed E-state index contributed by atoms with van der Waals surface area (Å²) in [7, 11) is 0. The predicted octanol–water partition coefficient (Wildman–Crippen LogP) is 1.92. The molecule has 2 rings (SSSR count). The Balaban J connectivity index is 2.69. The molecule has 1 heterocycles. The molecule has 0 fully saturated rings. The van der Waals surface area contributed by atoms with Crippen LogP contribution in [0.5, 0.6) is 0 Å². The first-order chi connectivity index (χ1) is 6.74. The second-order valence-electron chi connectivity index (χ2n) is 2.93. The number of halogens is 2. The first kappa shape index (κ1) is 9.11. The number of H-pyrrole nitrogens is 1. The van der Waals surface area contributed by atoms with E-state index in [-0.39, 0.29) is 17.6 Å². The molecule has 0 aliphatic rings. The summed E-state index contributed by atoms with van der Waals surface area (Å²) in [4.78, 5) is 2.66. The van der Waals surface area contributed by atoms with Crippen molar-refractivity contribution in [2.45, 2.75) is 6.54 Å². The van der Waals surface area contributed by atoms with Gasteiger partial charge >= 0.3 is 0 Å². The van der Waals surface area contributed by atoms with Crippen molar-refractivity contribution >= 4 is 10.9 Å². The maximum atomic E-state index is 13.5. The van der Waals surface area contributed by atoms with E-state index in [4.69, 9.17) is 5.21 Å². The molecular weight excluding hydrogens is 190 g/mol. The molecular formula is C9H8F2N2O. The van der Waals surface area contributed by atoms with Gasteiger partial charge in [0, 0.05) is 17.1 Å². The molecule has 0 radical (unpaired) electrons. The Labute approximate surface area is 78.3 Å². The summed E-state index contributed by atoms with van der Waals surface area (Å²) >= 11 is 0. The lowest BCUT2D eigenvalue weighted by Crippen LogP contribution is -2.10. The minimum Gasteiger partial charge on any atom is -0.359 e. The predicted molar refractivity (Wildman–Crippen MR) is 46.8 cm³/mol. The van der Waals surface area contributed by atoms with Crippen LogP contribution in [-0.2, 0) is 6.54 Å².